The summed E-state index contributed by atoms with van der Waals surface area (Å²) in [5.74, 6) is -0.833. The van der Waals surface area contributed by atoms with Gasteiger partial charge in [-0.1, -0.05) is 23.7 Å². The van der Waals surface area contributed by atoms with E-state index in [2.05, 4.69) is 14.9 Å². The highest BCUT2D eigenvalue weighted by Crippen LogP contribution is 2.47. The summed E-state index contributed by atoms with van der Waals surface area (Å²) in [6.07, 6.45) is 5.31. The molecular formula is C31H30ClF2N7O2S. The van der Waals surface area contributed by atoms with Crippen molar-refractivity contribution in [1.29, 1.82) is 5.26 Å². The number of likely N-dealkylation sites (tertiary alicyclic amines) is 1. The van der Waals surface area contributed by atoms with Crippen LogP contribution in [-0.2, 0) is 4.79 Å². The number of likely N-dealkylation sites (N-methyl/N-ethyl adjacent to an activating group) is 1. The number of nitriles is 1. The number of hydrogen-bond acceptors (Lipinski definition) is 9. The molecule has 2 aromatic carbocycles. The molecule has 0 aliphatic carbocycles. The Kier molecular flexibility index (Phi) is 7.82. The number of fused-ring (bicyclic) bond motifs is 2. The van der Waals surface area contributed by atoms with Gasteiger partial charge in [0.25, 0.3) is 0 Å². The summed E-state index contributed by atoms with van der Waals surface area (Å²) in [6, 6.07) is 6.21. The Labute approximate surface area is 262 Å². The van der Waals surface area contributed by atoms with Gasteiger partial charge in [-0.3, -0.25) is 4.79 Å². The summed E-state index contributed by atoms with van der Waals surface area (Å²) in [5, 5.41) is 10.6. The molecule has 2 aliphatic rings. The topological polar surface area (TPSA) is 112 Å². The molecule has 2 aromatic heterocycles. The number of thiophene rings is 1. The van der Waals surface area contributed by atoms with Crippen LogP contribution in [0.3, 0.4) is 0 Å². The molecule has 2 fully saturated rings. The smallest absolute Gasteiger partial charge is 0.318 e. The average Bonchev–Trinajstić information content (AvgIpc) is 3.33. The van der Waals surface area contributed by atoms with Gasteiger partial charge in [-0.2, -0.15) is 15.2 Å². The zero-order valence-electron chi connectivity index (χ0n) is 24.5. The van der Waals surface area contributed by atoms with Gasteiger partial charge in [0.15, 0.2) is 5.82 Å². The Morgan fingerprint density at radius 1 is 1.30 bits per heavy atom. The molecule has 9 nitrogen and oxygen atoms in total. The molecule has 2 N–H and O–H groups in total. The van der Waals surface area contributed by atoms with Crippen molar-refractivity contribution >= 4 is 60.7 Å². The van der Waals surface area contributed by atoms with Gasteiger partial charge < -0.3 is 25.2 Å². The highest BCUT2D eigenvalue weighted by molar-refractivity contribution is 7.23. The predicted octanol–water partition coefficient (Wildman–Crippen LogP) is 5.45. The molecule has 44 heavy (non-hydrogen) atoms. The third-order valence-corrected chi connectivity index (χ3v) is 9.61. The fourth-order valence-corrected chi connectivity index (χ4v) is 7.53. The van der Waals surface area contributed by atoms with E-state index in [1.807, 2.05) is 36.0 Å². The van der Waals surface area contributed by atoms with Gasteiger partial charge in [0.2, 0.25) is 5.91 Å². The maximum atomic E-state index is 16.6. The highest BCUT2D eigenvalue weighted by Gasteiger charge is 2.47. The fraction of sp³-hybridized carbons (Fsp3) is 0.355. The highest BCUT2D eigenvalue weighted by atomic mass is 35.5. The molecule has 13 heteroatoms. The lowest BCUT2D eigenvalue weighted by Crippen LogP contribution is -2.64. The van der Waals surface area contributed by atoms with Crippen LogP contribution in [0.4, 0.5) is 19.6 Å². The lowest BCUT2D eigenvalue weighted by Gasteiger charge is -2.54. The first-order chi connectivity index (χ1) is 21.1. The van der Waals surface area contributed by atoms with Crippen LogP contribution in [-0.4, -0.2) is 79.6 Å². The number of carbonyl (C=O) groups excluding carboxylic acids is 1. The molecule has 4 aromatic rings. The SMILES string of the molecule is COc1nc(N2CCCC3(CN(C(=O)/C=C/CN(C)C)C3)C2)c2cc(Cl)c(-c3ccc(F)c4sc(N)c(C#N)c34)c(F)c2n1. The van der Waals surface area contributed by atoms with Crippen LogP contribution >= 0.6 is 22.9 Å². The molecule has 0 bridgehead atoms. The Morgan fingerprint density at radius 2 is 2.07 bits per heavy atom. The van der Waals surface area contributed by atoms with Crippen LogP contribution in [0.1, 0.15) is 18.4 Å². The van der Waals surface area contributed by atoms with Crippen LogP contribution in [0, 0.1) is 28.4 Å². The van der Waals surface area contributed by atoms with Gasteiger partial charge in [-0.15, -0.1) is 11.3 Å². The van der Waals surface area contributed by atoms with E-state index < -0.39 is 11.6 Å². The minimum absolute atomic E-state index is 0.00743. The van der Waals surface area contributed by atoms with Gasteiger partial charge >= 0.3 is 6.01 Å². The molecule has 228 valence electrons. The molecule has 0 radical (unpaired) electrons. The van der Waals surface area contributed by atoms with E-state index in [-0.39, 0.29) is 59.6 Å². The number of amides is 1. The van der Waals surface area contributed by atoms with Crippen LogP contribution in [0.25, 0.3) is 32.1 Å². The van der Waals surface area contributed by atoms with Crippen molar-refractivity contribution in [2.75, 3.05) is 64.6 Å². The second-order valence-corrected chi connectivity index (χ2v) is 13.1. The maximum Gasteiger partial charge on any atom is 0.318 e. The van der Waals surface area contributed by atoms with Crippen LogP contribution in [0.2, 0.25) is 5.02 Å². The zero-order chi connectivity index (χ0) is 31.3. The van der Waals surface area contributed by atoms with E-state index in [0.717, 1.165) is 24.2 Å². The first kappa shape index (κ1) is 30.0. The molecule has 2 aliphatic heterocycles. The Balaban J connectivity index is 1.39. The monoisotopic (exact) mass is 637 g/mol. The normalized spacial score (nSPS) is 16.3. The number of nitrogens with zero attached hydrogens (tertiary/aromatic N) is 6. The van der Waals surface area contributed by atoms with Crippen molar-refractivity contribution in [3.63, 3.8) is 0 Å². The van der Waals surface area contributed by atoms with Gasteiger partial charge in [-0.25, -0.2) is 8.78 Å². The second-order valence-electron chi connectivity index (χ2n) is 11.6. The summed E-state index contributed by atoms with van der Waals surface area (Å²) in [7, 11) is 5.30. The number of nitrogen functional groups attached to an aromatic ring is 1. The third-order valence-electron chi connectivity index (χ3n) is 8.28. The third kappa shape index (κ3) is 5.08. The van der Waals surface area contributed by atoms with Crippen molar-refractivity contribution in [2.45, 2.75) is 12.8 Å². The average molecular weight is 638 g/mol. The Hall–Kier alpha value is -4.05. The molecule has 0 atom stereocenters. The van der Waals surface area contributed by atoms with Crippen LogP contribution < -0.4 is 15.4 Å². The number of nitrogens with two attached hydrogens (primary N) is 1. The summed E-state index contributed by atoms with van der Waals surface area (Å²) in [5.41, 5.74) is 6.18. The van der Waals surface area contributed by atoms with Crippen molar-refractivity contribution in [1.82, 2.24) is 19.8 Å². The Morgan fingerprint density at radius 3 is 2.77 bits per heavy atom. The van der Waals surface area contributed by atoms with Crippen LogP contribution in [0.15, 0.2) is 30.4 Å². The maximum absolute atomic E-state index is 16.6. The molecule has 4 heterocycles. The van der Waals surface area contributed by atoms with E-state index in [0.29, 0.717) is 43.9 Å². The number of methoxy groups -OCH3 is 1. The summed E-state index contributed by atoms with van der Waals surface area (Å²) in [6.45, 7) is 3.23. The van der Waals surface area contributed by atoms with Crippen LogP contribution in [0.5, 0.6) is 6.01 Å². The van der Waals surface area contributed by atoms with E-state index >= 15 is 4.39 Å². The van der Waals surface area contributed by atoms with Gasteiger partial charge in [-0.05, 0) is 44.6 Å². The molecule has 6 rings (SSSR count). The van der Waals surface area contributed by atoms with E-state index in [4.69, 9.17) is 22.1 Å². The quantitative estimate of drug-likeness (QED) is 0.278. The molecule has 0 unspecified atom stereocenters. The number of carbonyl (C=O) groups is 1. The molecule has 2 saturated heterocycles. The number of halogens is 3. The van der Waals surface area contributed by atoms with Crippen molar-refractivity contribution < 1.29 is 18.3 Å². The number of benzene rings is 2. The minimum atomic E-state index is -0.743. The lowest BCUT2D eigenvalue weighted by molar-refractivity contribution is -0.138. The number of ether oxygens (including phenoxy) is 1. The summed E-state index contributed by atoms with van der Waals surface area (Å²) < 4.78 is 36.8. The number of piperidine rings is 1. The standard InChI is InChI=1S/C31H30ClF2N7O2S/c1-39(2)10-4-6-22(42)41-15-31(16-41)9-5-11-40(14-31)29-18-12-20(32)24(25(34)26(18)37-30(38-29)43-3)17-7-8-21(33)27-23(17)19(13-35)28(36)44-27/h4,6-8,12H,5,9-11,14-16,36H2,1-3H3/b6-4+. The zero-order valence-corrected chi connectivity index (χ0v) is 26.0. The van der Waals surface area contributed by atoms with E-state index in [9.17, 15) is 14.4 Å². The number of hydrogen-bond donors (Lipinski definition) is 1. The number of rotatable bonds is 6. The van der Waals surface area contributed by atoms with Crippen molar-refractivity contribution in [3.8, 4) is 23.2 Å². The van der Waals surface area contributed by atoms with Gasteiger partial charge in [0, 0.05) is 60.6 Å². The predicted molar refractivity (Wildman–Crippen MR) is 169 cm³/mol. The Bertz CT molecular complexity index is 1880. The number of aromatic nitrogens is 2. The molecule has 1 amide bonds. The number of anilines is 2. The molecular weight excluding hydrogens is 608 g/mol. The van der Waals surface area contributed by atoms with Crippen molar-refractivity contribution in [3.05, 3.63) is 52.6 Å². The van der Waals surface area contributed by atoms with Crippen molar-refractivity contribution in [2.24, 2.45) is 5.41 Å². The minimum Gasteiger partial charge on any atom is -0.467 e. The summed E-state index contributed by atoms with van der Waals surface area (Å²) in [4.78, 5) is 27.6. The molecule has 1 spiro atoms. The second kappa shape index (κ2) is 11.5. The van der Waals surface area contributed by atoms with E-state index in [1.165, 1.54) is 19.2 Å². The van der Waals surface area contributed by atoms with Gasteiger partial charge in [0.1, 0.15) is 28.2 Å². The molecule has 0 saturated carbocycles. The van der Waals surface area contributed by atoms with E-state index in [1.54, 1.807) is 12.1 Å². The van der Waals surface area contributed by atoms with Gasteiger partial charge in [0.05, 0.1) is 22.4 Å². The fourth-order valence-electron chi connectivity index (χ4n) is 6.28. The summed E-state index contributed by atoms with van der Waals surface area (Å²) >= 11 is 7.70. The largest absolute Gasteiger partial charge is 0.467 e. The first-order valence-corrected chi connectivity index (χ1v) is 15.2. The lowest BCUT2D eigenvalue weighted by atomic mass is 9.73. The first-order valence-electron chi connectivity index (χ1n) is 14.1.